The Balaban J connectivity index is 2.93. The molecular weight excluding hydrogens is 241 g/mol. The minimum Gasteiger partial charge on any atom is -0.464 e. The molecule has 0 aromatic carbocycles. The van der Waals surface area contributed by atoms with Gasteiger partial charge in [-0.05, 0) is 19.1 Å². The van der Waals surface area contributed by atoms with Crippen LogP contribution in [0.15, 0.2) is 18.3 Å². The summed E-state index contributed by atoms with van der Waals surface area (Å²) in [4.78, 5) is 3.61. The number of nitrogens with two attached hydrogens (primary N) is 1. The van der Waals surface area contributed by atoms with E-state index in [4.69, 9.17) is 5.73 Å². The van der Waals surface area contributed by atoms with Crippen LogP contribution < -0.4 is 10.5 Å². The van der Waals surface area contributed by atoms with Crippen molar-refractivity contribution >= 4 is 17.2 Å². The Morgan fingerprint density at radius 2 is 2.19 bits per heavy atom. The average Bonchev–Trinajstić information content (AvgIpc) is 2.16. The van der Waals surface area contributed by atoms with Crippen LogP contribution in [0.1, 0.15) is 12.5 Å². The quantitative estimate of drug-likeness (QED) is 0.834. The third-order valence-corrected chi connectivity index (χ3v) is 2.01. The molecule has 16 heavy (non-hydrogen) atoms. The van der Waals surface area contributed by atoms with E-state index in [0.717, 1.165) is 6.92 Å². The maximum atomic E-state index is 12.3. The Labute approximate surface area is 95.4 Å². The van der Waals surface area contributed by atoms with Gasteiger partial charge in [0.05, 0.1) is 5.56 Å². The minimum absolute atomic E-state index is 0.0579. The number of pyridine rings is 1. The zero-order valence-corrected chi connectivity index (χ0v) is 9.10. The van der Waals surface area contributed by atoms with E-state index in [1.807, 2.05) is 0 Å². The van der Waals surface area contributed by atoms with E-state index in [1.54, 1.807) is 0 Å². The van der Waals surface area contributed by atoms with E-state index in [0.29, 0.717) is 0 Å². The minimum atomic E-state index is -4.45. The van der Waals surface area contributed by atoms with Crippen molar-refractivity contribution in [2.24, 2.45) is 5.73 Å². The van der Waals surface area contributed by atoms with E-state index >= 15 is 0 Å². The lowest BCUT2D eigenvalue weighted by molar-refractivity contribution is -0.190. The summed E-state index contributed by atoms with van der Waals surface area (Å²) < 4.78 is 41.4. The first-order chi connectivity index (χ1) is 7.32. The first-order valence-electron chi connectivity index (χ1n) is 4.30. The lowest BCUT2D eigenvalue weighted by atomic mass is 10.2. The molecule has 0 saturated heterocycles. The van der Waals surface area contributed by atoms with E-state index < -0.39 is 12.3 Å². The largest absolute Gasteiger partial charge is 0.464 e. The molecule has 2 N–H and O–H groups in total. The molecule has 88 valence electrons. The Morgan fingerprint density at radius 1 is 1.56 bits per heavy atom. The normalized spacial score (nSPS) is 13.2. The molecule has 0 aliphatic rings. The smallest absolute Gasteiger partial charge is 0.425 e. The van der Waals surface area contributed by atoms with Crippen molar-refractivity contribution in [2.45, 2.75) is 19.2 Å². The highest BCUT2D eigenvalue weighted by molar-refractivity contribution is 7.80. The number of ether oxygens (including phenoxy) is 1. The van der Waals surface area contributed by atoms with Gasteiger partial charge in [-0.2, -0.15) is 13.2 Å². The van der Waals surface area contributed by atoms with Gasteiger partial charge in [0.2, 0.25) is 5.88 Å². The lowest BCUT2D eigenvalue weighted by Crippen LogP contribution is -2.32. The zero-order valence-electron chi connectivity index (χ0n) is 8.28. The number of alkyl halides is 3. The number of aromatic nitrogens is 1. The Bertz CT molecular complexity index is 395. The molecule has 3 nitrogen and oxygen atoms in total. The maximum absolute atomic E-state index is 12.3. The van der Waals surface area contributed by atoms with Crippen molar-refractivity contribution < 1.29 is 17.9 Å². The second-order valence-electron chi connectivity index (χ2n) is 3.02. The van der Waals surface area contributed by atoms with Crippen LogP contribution in [-0.2, 0) is 0 Å². The first kappa shape index (κ1) is 12.7. The van der Waals surface area contributed by atoms with Crippen molar-refractivity contribution in [1.29, 1.82) is 0 Å². The van der Waals surface area contributed by atoms with Crippen LogP contribution in [0.3, 0.4) is 0 Å². The average molecular weight is 250 g/mol. The van der Waals surface area contributed by atoms with Gasteiger partial charge in [0, 0.05) is 6.20 Å². The van der Waals surface area contributed by atoms with Crippen LogP contribution in [0.25, 0.3) is 0 Å². The van der Waals surface area contributed by atoms with Gasteiger partial charge in [-0.15, -0.1) is 0 Å². The second-order valence-corrected chi connectivity index (χ2v) is 3.46. The summed E-state index contributed by atoms with van der Waals surface area (Å²) in [6, 6.07) is 2.97. The summed E-state index contributed by atoms with van der Waals surface area (Å²) in [5.74, 6) is -0.208. The highest BCUT2D eigenvalue weighted by Crippen LogP contribution is 2.25. The Morgan fingerprint density at radius 3 is 2.69 bits per heavy atom. The zero-order chi connectivity index (χ0) is 12.3. The van der Waals surface area contributed by atoms with E-state index in [1.165, 1.54) is 18.3 Å². The third-order valence-electron chi connectivity index (χ3n) is 1.79. The van der Waals surface area contributed by atoms with Crippen molar-refractivity contribution in [3.8, 4) is 5.88 Å². The van der Waals surface area contributed by atoms with Gasteiger partial charge >= 0.3 is 6.18 Å². The Kier molecular flexibility index (Phi) is 3.69. The summed E-state index contributed by atoms with van der Waals surface area (Å²) in [5, 5.41) is 0. The monoisotopic (exact) mass is 250 g/mol. The SMILES string of the molecule is CC(Oc1ncccc1C(N)=S)C(F)(F)F. The van der Waals surface area contributed by atoms with Gasteiger partial charge in [-0.3, -0.25) is 0 Å². The molecule has 0 radical (unpaired) electrons. The van der Waals surface area contributed by atoms with E-state index in [-0.39, 0.29) is 16.4 Å². The van der Waals surface area contributed by atoms with Gasteiger partial charge in [0.1, 0.15) is 4.99 Å². The van der Waals surface area contributed by atoms with Crippen molar-refractivity contribution in [3.63, 3.8) is 0 Å². The topological polar surface area (TPSA) is 48.1 Å². The van der Waals surface area contributed by atoms with Crippen LogP contribution in [0, 0.1) is 0 Å². The standard InChI is InChI=1S/C9H9F3N2OS/c1-5(9(10,11)12)15-8-6(7(13)16)3-2-4-14-8/h2-5H,1H3,(H2,13,16). The molecule has 1 aromatic rings. The Hall–Kier alpha value is -1.37. The number of rotatable bonds is 3. The molecule has 0 fully saturated rings. The van der Waals surface area contributed by atoms with Crippen LogP contribution in [0.2, 0.25) is 0 Å². The van der Waals surface area contributed by atoms with Crippen molar-refractivity contribution in [1.82, 2.24) is 4.98 Å². The molecule has 0 bridgehead atoms. The predicted molar refractivity (Wildman–Crippen MR) is 56.3 cm³/mol. The maximum Gasteiger partial charge on any atom is 0.425 e. The van der Waals surface area contributed by atoms with Gasteiger partial charge in [-0.1, -0.05) is 12.2 Å². The molecule has 1 atom stereocenters. The molecular formula is C9H9F3N2OS. The molecule has 1 aromatic heterocycles. The summed E-state index contributed by atoms with van der Waals surface area (Å²) in [6.45, 7) is 0.887. The van der Waals surface area contributed by atoms with Crippen LogP contribution in [0.4, 0.5) is 13.2 Å². The van der Waals surface area contributed by atoms with Crippen molar-refractivity contribution in [3.05, 3.63) is 23.9 Å². The first-order valence-corrected chi connectivity index (χ1v) is 4.71. The fourth-order valence-corrected chi connectivity index (χ4v) is 1.06. The number of nitrogens with zero attached hydrogens (tertiary/aromatic N) is 1. The van der Waals surface area contributed by atoms with Gasteiger partial charge in [0.25, 0.3) is 0 Å². The fourth-order valence-electron chi connectivity index (χ4n) is 0.907. The molecule has 7 heteroatoms. The third kappa shape index (κ3) is 3.06. The van der Waals surface area contributed by atoms with Crippen LogP contribution in [0.5, 0.6) is 5.88 Å². The highest BCUT2D eigenvalue weighted by Gasteiger charge is 2.38. The molecule has 0 spiro atoms. The van der Waals surface area contributed by atoms with Crippen molar-refractivity contribution in [2.75, 3.05) is 0 Å². The number of halogens is 3. The molecule has 1 heterocycles. The summed E-state index contributed by atoms with van der Waals surface area (Å²) in [5.41, 5.74) is 5.52. The summed E-state index contributed by atoms with van der Waals surface area (Å²) in [6.07, 6.45) is -5.11. The molecule has 1 unspecified atom stereocenters. The van der Waals surface area contributed by atoms with Gasteiger partial charge in [-0.25, -0.2) is 4.98 Å². The second kappa shape index (κ2) is 4.65. The summed E-state index contributed by atoms with van der Waals surface area (Å²) in [7, 11) is 0. The van der Waals surface area contributed by atoms with E-state index in [2.05, 4.69) is 21.9 Å². The van der Waals surface area contributed by atoms with Gasteiger partial charge < -0.3 is 10.5 Å². The molecule has 0 aliphatic carbocycles. The molecule has 0 saturated carbocycles. The van der Waals surface area contributed by atoms with Crippen LogP contribution in [-0.4, -0.2) is 22.3 Å². The van der Waals surface area contributed by atoms with E-state index in [9.17, 15) is 13.2 Å². The number of hydrogen-bond donors (Lipinski definition) is 1. The fraction of sp³-hybridized carbons (Fsp3) is 0.333. The predicted octanol–water partition coefficient (Wildman–Crippen LogP) is 2.05. The van der Waals surface area contributed by atoms with Gasteiger partial charge in [0.15, 0.2) is 6.10 Å². The number of hydrogen-bond acceptors (Lipinski definition) is 3. The molecule has 1 rings (SSSR count). The molecule has 0 amide bonds. The highest BCUT2D eigenvalue weighted by atomic mass is 32.1. The molecule has 0 aliphatic heterocycles. The van der Waals surface area contributed by atoms with Crippen LogP contribution >= 0.6 is 12.2 Å². The summed E-state index contributed by atoms with van der Waals surface area (Å²) >= 11 is 4.67. The lowest BCUT2D eigenvalue weighted by Gasteiger charge is -2.18. The number of thiocarbonyl (C=S) groups is 1.